The van der Waals surface area contributed by atoms with E-state index >= 15 is 0 Å². The van der Waals surface area contributed by atoms with Crippen LogP contribution in [-0.4, -0.2) is 24.2 Å². The molecule has 0 radical (unpaired) electrons. The second-order valence-electron chi connectivity index (χ2n) is 4.41. The van der Waals surface area contributed by atoms with Crippen LogP contribution in [0.5, 0.6) is 0 Å². The second-order valence-corrected chi connectivity index (χ2v) is 4.41. The van der Waals surface area contributed by atoms with Crippen molar-refractivity contribution < 1.29 is 19.4 Å². The van der Waals surface area contributed by atoms with E-state index in [1.54, 1.807) is 0 Å². The quantitative estimate of drug-likeness (QED) is 0.562. The number of hydrogen-bond acceptors (Lipinski definition) is 3. The highest BCUT2D eigenvalue weighted by molar-refractivity contribution is 5.83. The van der Waals surface area contributed by atoms with Crippen molar-refractivity contribution in [3.63, 3.8) is 0 Å². The van der Waals surface area contributed by atoms with Crippen LogP contribution in [0.4, 0.5) is 0 Å². The minimum atomic E-state index is -0.910. The van der Waals surface area contributed by atoms with Gasteiger partial charge in [-0.3, -0.25) is 9.59 Å². The Morgan fingerprint density at radius 2 is 2.27 bits per heavy atom. The highest BCUT2D eigenvalue weighted by atomic mass is 16.5. The summed E-state index contributed by atoms with van der Waals surface area (Å²) < 4.78 is 4.57. The Balaban J connectivity index is 2.23. The number of carboxylic acids is 1. The smallest absolute Gasteiger partial charge is 0.310 e. The highest BCUT2D eigenvalue weighted by Gasteiger charge is 2.54. The molecule has 2 aliphatic rings. The molecule has 0 heterocycles. The standard InChI is InChI=1S/C11H14O4/c1-15-9(12)6-11(10(13)14)5-7-2-3-8(11)4-7/h2-3,7-8H,4-6H2,1H3,(H,13,14). The van der Waals surface area contributed by atoms with E-state index in [-0.39, 0.29) is 12.3 Å². The Labute approximate surface area is 87.9 Å². The van der Waals surface area contributed by atoms with Crippen LogP contribution >= 0.6 is 0 Å². The Kier molecular flexibility index (Phi) is 2.29. The van der Waals surface area contributed by atoms with E-state index in [1.165, 1.54) is 7.11 Å². The number of esters is 1. The first-order chi connectivity index (χ1) is 7.08. The fraction of sp³-hybridized carbons (Fsp3) is 0.636. The van der Waals surface area contributed by atoms with Gasteiger partial charge in [-0.15, -0.1) is 0 Å². The van der Waals surface area contributed by atoms with Crippen molar-refractivity contribution in [2.45, 2.75) is 19.3 Å². The number of carbonyl (C=O) groups excluding carboxylic acids is 1. The third-order valence-corrected chi connectivity index (χ3v) is 3.62. The minimum absolute atomic E-state index is 0.000833. The lowest BCUT2D eigenvalue weighted by Crippen LogP contribution is -2.37. The summed E-state index contributed by atoms with van der Waals surface area (Å²) in [6, 6.07) is 0. The first kappa shape index (κ1) is 10.2. The monoisotopic (exact) mass is 210 g/mol. The summed E-state index contributed by atoms with van der Waals surface area (Å²) in [6.07, 6.45) is 5.42. The molecule has 0 aromatic rings. The first-order valence-electron chi connectivity index (χ1n) is 5.07. The third kappa shape index (κ3) is 1.44. The van der Waals surface area contributed by atoms with Gasteiger partial charge in [-0.05, 0) is 24.7 Å². The Morgan fingerprint density at radius 1 is 1.53 bits per heavy atom. The van der Waals surface area contributed by atoms with Crippen LogP contribution in [0.2, 0.25) is 0 Å². The Hall–Kier alpha value is -1.32. The van der Waals surface area contributed by atoms with Crippen LogP contribution in [-0.2, 0) is 14.3 Å². The van der Waals surface area contributed by atoms with E-state index in [4.69, 9.17) is 0 Å². The maximum atomic E-state index is 11.3. The molecule has 0 aromatic carbocycles. The minimum Gasteiger partial charge on any atom is -0.481 e. The molecule has 2 bridgehead atoms. The zero-order valence-electron chi connectivity index (χ0n) is 8.60. The van der Waals surface area contributed by atoms with E-state index in [0.717, 1.165) is 6.42 Å². The molecule has 3 unspecified atom stereocenters. The predicted octanol–water partition coefficient (Wildman–Crippen LogP) is 1.22. The van der Waals surface area contributed by atoms with E-state index < -0.39 is 17.4 Å². The first-order valence-corrected chi connectivity index (χ1v) is 5.07. The van der Waals surface area contributed by atoms with Gasteiger partial charge in [0.2, 0.25) is 0 Å². The number of allylic oxidation sites excluding steroid dienone is 2. The molecule has 2 aliphatic carbocycles. The van der Waals surface area contributed by atoms with Gasteiger partial charge < -0.3 is 9.84 Å². The molecule has 15 heavy (non-hydrogen) atoms. The molecule has 0 aromatic heterocycles. The van der Waals surface area contributed by atoms with Gasteiger partial charge in [-0.25, -0.2) is 0 Å². The summed E-state index contributed by atoms with van der Waals surface area (Å²) in [7, 11) is 1.29. The lowest BCUT2D eigenvalue weighted by molar-refractivity contribution is -0.158. The molecule has 4 nitrogen and oxygen atoms in total. The van der Waals surface area contributed by atoms with Crippen molar-refractivity contribution in [2.24, 2.45) is 17.3 Å². The van der Waals surface area contributed by atoms with Crippen LogP contribution in [0.15, 0.2) is 12.2 Å². The zero-order chi connectivity index (χ0) is 11.1. The van der Waals surface area contributed by atoms with Crippen molar-refractivity contribution in [1.29, 1.82) is 0 Å². The molecule has 3 atom stereocenters. The van der Waals surface area contributed by atoms with Gasteiger partial charge in [0.25, 0.3) is 0 Å². The molecule has 1 saturated carbocycles. The highest BCUT2D eigenvalue weighted by Crippen LogP contribution is 2.54. The van der Waals surface area contributed by atoms with E-state index in [1.807, 2.05) is 6.08 Å². The number of ether oxygens (including phenoxy) is 1. The second kappa shape index (κ2) is 3.36. The van der Waals surface area contributed by atoms with Crippen molar-refractivity contribution in [1.82, 2.24) is 0 Å². The number of aliphatic carboxylic acids is 1. The lowest BCUT2D eigenvalue weighted by atomic mass is 9.73. The van der Waals surface area contributed by atoms with Crippen molar-refractivity contribution in [3.8, 4) is 0 Å². The normalized spacial score (nSPS) is 36.9. The Bertz CT molecular complexity index is 333. The number of carbonyl (C=O) groups is 2. The molecular weight excluding hydrogens is 196 g/mol. The van der Waals surface area contributed by atoms with Gasteiger partial charge in [0.05, 0.1) is 18.9 Å². The van der Waals surface area contributed by atoms with Gasteiger partial charge in [0.1, 0.15) is 0 Å². The molecule has 82 valence electrons. The molecule has 0 saturated heterocycles. The third-order valence-electron chi connectivity index (χ3n) is 3.62. The van der Waals surface area contributed by atoms with Gasteiger partial charge in [0.15, 0.2) is 0 Å². The summed E-state index contributed by atoms with van der Waals surface area (Å²) in [6.45, 7) is 0. The number of methoxy groups -OCH3 is 1. The predicted molar refractivity (Wildman–Crippen MR) is 52.1 cm³/mol. The summed E-state index contributed by atoms with van der Waals surface area (Å²) >= 11 is 0. The summed E-state index contributed by atoms with van der Waals surface area (Å²) in [5, 5.41) is 9.29. The average Bonchev–Trinajstić information content (AvgIpc) is 2.77. The Morgan fingerprint density at radius 3 is 2.67 bits per heavy atom. The van der Waals surface area contributed by atoms with Crippen molar-refractivity contribution >= 4 is 11.9 Å². The average molecular weight is 210 g/mol. The van der Waals surface area contributed by atoms with Gasteiger partial charge in [0, 0.05) is 0 Å². The summed E-state index contributed by atoms with van der Waals surface area (Å²) in [4.78, 5) is 22.6. The topological polar surface area (TPSA) is 63.6 Å². The van der Waals surface area contributed by atoms with Gasteiger partial charge in [-0.2, -0.15) is 0 Å². The van der Waals surface area contributed by atoms with Crippen LogP contribution in [0.25, 0.3) is 0 Å². The van der Waals surface area contributed by atoms with Gasteiger partial charge in [-0.1, -0.05) is 12.2 Å². The summed E-state index contributed by atoms with van der Waals surface area (Å²) in [5.74, 6) is -0.974. The van der Waals surface area contributed by atoms with Crippen LogP contribution in [0.3, 0.4) is 0 Å². The number of rotatable bonds is 3. The number of hydrogen-bond donors (Lipinski definition) is 1. The molecule has 2 rings (SSSR count). The van der Waals surface area contributed by atoms with Crippen molar-refractivity contribution in [3.05, 3.63) is 12.2 Å². The molecular formula is C11H14O4. The zero-order valence-corrected chi connectivity index (χ0v) is 8.60. The fourth-order valence-electron chi connectivity index (χ4n) is 2.81. The van der Waals surface area contributed by atoms with Crippen LogP contribution in [0, 0.1) is 17.3 Å². The molecule has 1 fully saturated rings. The van der Waals surface area contributed by atoms with E-state index in [9.17, 15) is 14.7 Å². The van der Waals surface area contributed by atoms with Crippen LogP contribution in [0.1, 0.15) is 19.3 Å². The largest absolute Gasteiger partial charge is 0.481 e. The van der Waals surface area contributed by atoms with Crippen molar-refractivity contribution in [2.75, 3.05) is 7.11 Å². The maximum absolute atomic E-state index is 11.3. The summed E-state index contributed by atoms with van der Waals surface area (Å²) in [5.41, 5.74) is -0.910. The van der Waals surface area contributed by atoms with E-state index in [0.29, 0.717) is 12.3 Å². The number of fused-ring (bicyclic) bond motifs is 2. The fourth-order valence-corrected chi connectivity index (χ4v) is 2.81. The maximum Gasteiger partial charge on any atom is 0.310 e. The van der Waals surface area contributed by atoms with Gasteiger partial charge >= 0.3 is 11.9 Å². The van der Waals surface area contributed by atoms with E-state index in [2.05, 4.69) is 10.8 Å². The molecule has 0 spiro atoms. The molecule has 4 heteroatoms. The lowest BCUT2D eigenvalue weighted by Gasteiger charge is -2.29. The molecule has 1 N–H and O–H groups in total. The molecule has 0 amide bonds. The number of carboxylic acid groups (broad SMARTS) is 1. The SMILES string of the molecule is COC(=O)CC1(C(=O)O)CC2C=CC1C2. The van der Waals surface area contributed by atoms with Crippen LogP contribution < -0.4 is 0 Å². The molecule has 0 aliphatic heterocycles.